The molecule has 10 heteroatoms. The molecule has 8 aromatic rings. The number of hydrogen-bond donors (Lipinski definition) is 0. The summed E-state index contributed by atoms with van der Waals surface area (Å²) in [5.41, 5.74) is 19.0. The Morgan fingerprint density at radius 3 is 0.840 bits per heavy atom. The first-order chi connectivity index (χ1) is 45.8. The Kier molecular flexibility index (Phi) is 23.1. The summed E-state index contributed by atoms with van der Waals surface area (Å²) < 4.78 is 7.28. The number of hydrogen-bond acceptors (Lipinski definition) is 2. The van der Waals surface area contributed by atoms with Gasteiger partial charge in [-0.1, -0.05) is 400 Å². The Bertz CT molecular complexity index is 4160. The molecule has 532 valence electrons. The molecule has 2 heterocycles. The lowest BCUT2D eigenvalue weighted by Crippen LogP contribution is -3.00. The second kappa shape index (κ2) is 29.3. The monoisotopic (exact) mass is 1610 g/mol. The van der Waals surface area contributed by atoms with Crippen LogP contribution < -0.4 is 12.4 Å². The molecular formula is C90H112Br4ClN5. The molecule has 0 spiro atoms. The van der Waals surface area contributed by atoms with Gasteiger partial charge in [0.25, 0.3) is 5.96 Å². The molecule has 5 nitrogen and oxygen atoms in total. The smallest absolute Gasteiger partial charge is 0.394 e. The summed E-state index contributed by atoms with van der Waals surface area (Å²) in [5, 5.41) is 0. The molecule has 1 fully saturated rings. The fourth-order valence-corrected chi connectivity index (χ4v) is 18.2. The van der Waals surface area contributed by atoms with Crippen LogP contribution in [0.3, 0.4) is 0 Å². The maximum absolute atomic E-state index is 6.85. The van der Waals surface area contributed by atoms with Crippen LogP contribution in [0.4, 0.5) is 0 Å². The highest BCUT2D eigenvalue weighted by atomic mass is 79.9. The van der Waals surface area contributed by atoms with E-state index in [0.717, 1.165) is 29.8 Å². The van der Waals surface area contributed by atoms with Crippen molar-refractivity contribution in [1.82, 2.24) is 14.7 Å². The van der Waals surface area contributed by atoms with Gasteiger partial charge in [0, 0.05) is 42.1 Å². The molecule has 1 saturated heterocycles. The fraction of sp³-hybridized carbons (Fsp3) is 0.444. The topological polar surface area (TPSA) is 25.1 Å². The van der Waals surface area contributed by atoms with Crippen molar-refractivity contribution in [2.75, 3.05) is 0 Å². The molecule has 8 aromatic carbocycles. The fourth-order valence-electron chi connectivity index (χ4n) is 14.4. The minimum atomic E-state index is -0.222. The minimum absolute atomic E-state index is 0. The third-order valence-corrected chi connectivity index (χ3v) is 24.1. The van der Waals surface area contributed by atoms with Crippen LogP contribution in [-0.4, -0.2) is 31.2 Å². The highest BCUT2D eigenvalue weighted by Crippen LogP contribution is 2.52. The zero-order valence-corrected chi connectivity index (χ0v) is 71.5. The molecule has 2 aliphatic rings. The molecule has 0 unspecified atom stereocenters. The Balaban J connectivity index is 0.0000117. The molecule has 100 heavy (non-hydrogen) atoms. The van der Waals surface area contributed by atoms with Gasteiger partial charge < -0.3 is 22.2 Å². The number of aliphatic imine (C=N–C) groups is 1. The van der Waals surface area contributed by atoms with Gasteiger partial charge in [-0.3, -0.25) is 0 Å². The molecule has 0 saturated carbocycles. The van der Waals surface area contributed by atoms with E-state index >= 15 is 0 Å². The number of nitrogens with zero attached hydrogens (tertiary/aromatic N) is 5. The average Bonchev–Trinajstić information content (AvgIpc) is 1.56. The van der Waals surface area contributed by atoms with E-state index in [1.165, 1.54) is 89.0 Å². The van der Waals surface area contributed by atoms with Crippen LogP contribution in [-0.2, 0) is 69.5 Å². The van der Waals surface area contributed by atoms with Gasteiger partial charge in [-0.2, -0.15) is 0 Å². The number of guanidine groups is 2. The van der Waals surface area contributed by atoms with Gasteiger partial charge in [0.05, 0.1) is 25.2 Å². The summed E-state index contributed by atoms with van der Waals surface area (Å²) in [6, 6.07) is 64.4. The van der Waals surface area contributed by atoms with Crippen molar-refractivity contribution < 1.29 is 17.0 Å². The molecule has 0 bridgehead atoms. The van der Waals surface area contributed by atoms with E-state index in [-0.39, 0.29) is 79.9 Å². The van der Waals surface area contributed by atoms with E-state index in [0.29, 0.717) is 26.2 Å². The van der Waals surface area contributed by atoms with Gasteiger partial charge in [-0.15, -0.1) is 0 Å². The molecular weight excluding hydrogens is 1510 g/mol. The normalized spacial score (nSPS) is 17.6. The summed E-state index contributed by atoms with van der Waals surface area (Å²) in [7, 11) is 0. The summed E-state index contributed by atoms with van der Waals surface area (Å²) in [5.74, 6) is 1.82. The number of benzene rings is 8. The summed E-state index contributed by atoms with van der Waals surface area (Å²) in [6.45, 7) is 58.8. The predicted octanol–water partition coefficient (Wildman–Crippen LogP) is 22.8. The highest BCUT2D eigenvalue weighted by Gasteiger charge is 2.54. The van der Waals surface area contributed by atoms with E-state index in [4.69, 9.17) is 4.99 Å². The van der Waals surface area contributed by atoms with Gasteiger partial charge in [0.2, 0.25) is 0 Å². The van der Waals surface area contributed by atoms with Crippen molar-refractivity contribution in [3.8, 4) is 0 Å². The first-order valence-corrected chi connectivity index (χ1v) is 39.1. The molecule has 2 aliphatic heterocycles. The van der Waals surface area contributed by atoms with E-state index in [9.17, 15) is 0 Å². The highest BCUT2D eigenvalue weighted by molar-refractivity contribution is 9.11. The van der Waals surface area contributed by atoms with Crippen molar-refractivity contribution in [3.63, 3.8) is 0 Å². The third-order valence-electron chi connectivity index (χ3n) is 20.4. The Morgan fingerprint density at radius 2 is 0.560 bits per heavy atom. The van der Waals surface area contributed by atoms with Crippen LogP contribution in [0.5, 0.6) is 0 Å². The van der Waals surface area contributed by atoms with Crippen LogP contribution in [0.25, 0.3) is 0 Å². The van der Waals surface area contributed by atoms with Gasteiger partial charge in [0.1, 0.15) is 12.1 Å². The minimum Gasteiger partial charge on any atom is -1.00 e. The van der Waals surface area contributed by atoms with Crippen molar-refractivity contribution >= 4 is 75.6 Å². The molecule has 4 atom stereocenters. The van der Waals surface area contributed by atoms with Crippen molar-refractivity contribution in [2.45, 2.75) is 260 Å². The van der Waals surface area contributed by atoms with Crippen LogP contribution in [0.2, 0.25) is 0 Å². The maximum atomic E-state index is 6.85. The summed E-state index contributed by atoms with van der Waals surface area (Å²) in [6.07, 6.45) is 0. The van der Waals surface area contributed by atoms with Crippen molar-refractivity contribution in [2.24, 2.45) is 4.99 Å². The summed E-state index contributed by atoms with van der Waals surface area (Å²) >= 11 is 17.7. The Morgan fingerprint density at radius 1 is 0.310 bits per heavy atom. The van der Waals surface area contributed by atoms with Crippen molar-refractivity contribution in [3.05, 3.63) is 277 Å². The molecule has 0 aliphatic carbocycles. The third kappa shape index (κ3) is 16.9. The SMILES string of the molecule is CC(C)(C)c1cc(CN2C(=NC3=[N+](Cc4cc(C(C)(C)C)cc(C(C)(C)C)c4Br)[C@@H](c4ccccc4)[C@H](c4ccccc4)N3Cc3cc(C(C)(C)C)cc(C(C)(C)C)c3Br)N(Cc3cc(C(C)(C)C)cc(C(C)(C)C)c3Br)[C@@H](c3ccccc3)[C@@H]2c2ccccc2)c(Br)c(C(C)(C)C)c1.[Cl-]. The van der Waals surface area contributed by atoms with Gasteiger partial charge >= 0.3 is 5.96 Å². The van der Waals surface area contributed by atoms with Crippen LogP contribution >= 0.6 is 63.7 Å². The predicted molar refractivity (Wildman–Crippen MR) is 436 cm³/mol. The average molecular weight is 1620 g/mol. The van der Waals surface area contributed by atoms with Gasteiger partial charge in [-0.05, 0) is 126 Å². The molecule has 0 amide bonds. The Labute approximate surface area is 643 Å². The second-order valence-corrected chi connectivity index (χ2v) is 39.8. The largest absolute Gasteiger partial charge is 1.00 e. The quantitative estimate of drug-likeness (QED) is 0.114. The maximum Gasteiger partial charge on any atom is 0.394 e. The zero-order chi connectivity index (χ0) is 72.7. The summed E-state index contributed by atoms with van der Waals surface area (Å²) in [4.78, 5) is 15.0. The van der Waals surface area contributed by atoms with Crippen molar-refractivity contribution in [1.29, 1.82) is 0 Å². The van der Waals surface area contributed by atoms with E-state index in [1.807, 2.05) is 0 Å². The lowest BCUT2D eigenvalue weighted by molar-refractivity contribution is -0.583. The molecule has 0 radical (unpaired) electrons. The van der Waals surface area contributed by atoms with Crippen LogP contribution in [0.1, 0.15) is 279 Å². The standard InChI is InChI=1S/C90H112Br4N5.ClH/c1-83(2,3)65-45-61(73(91)69(49-65)87(13,14)15)53-96-77(57-37-29-25-30-38-57)78(58-39-31-26-32-40-58)97(54-62-46-66(84(4,5)6)50-70(74(62)92)88(16,17)18)81(96)95-82-98(55-63-47-67(85(7,8)9)51-71(75(63)93)89(19,20)21)79(59-41-33-27-34-42-59)80(60-43-35-28-36-44-60)99(82)56-64-48-68(86(10,11)12)52-72(76(64)94)90(22,23)24;/h25-52,77-80H,53-56H2,1-24H3;1H/q+1;/p-1/t77-,78-,79-,80-;/m0./s1. The Hall–Kier alpha value is -5.29. The van der Waals surface area contributed by atoms with E-state index in [2.05, 4.69) is 419 Å². The molecule has 0 aromatic heterocycles. The van der Waals surface area contributed by atoms with E-state index < -0.39 is 0 Å². The zero-order valence-electron chi connectivity index (χ0n) is 64.4. The lowest BCUT2D eigenvalue weighted by Gasteiger charge is -2.32. The first-order valence-electron chi connectivity index (χ1n) is 35.9. The van der Waals surface area contributed by atoms with E-state index in [1.54, 1.807) is 0 Å². The van der Waals surface area contributed by atoms with Crippen LogP contribution in [0.15, 0.2) is 193 Å². The number of rotatable bonds is 12. The molecule has 10 rings (SSSR count). The first kappa shape index (κ1) is 78.8. The second-order valence-electron chi connectivity index (χ2n) is 36.6. The van der Waals surface area contributed by atoms with Gasteiger partial charge in [-0.25, -0.2) is 9.48 Å². The lowest BCUT2D eigenvalue weighted by atomic mass is 9.79. The number of halogens is 5. The van der Waals surface area contributed by atoms with Crippen LogP contribution in [0, 0.1) is 0 Å². The van der Waals surface area contributed by atoms with Gasteiger partial charge in [0.15, 0.2) is 0 Å². The molecule has 0 N–H and O–H groups in total.